The zero-order valence-corrected chi connectivity index (χ0v) is 17.2. The number of carbonyl (C=O) groups excluding carboxylic acids is 2. The first-order valence-electron chi connectivity index (χ1n) is 10.0. The second kappa shape index (κ2) is 8.70. The molecule has 2 atom stereocenters. The van der Waals surface area contributed by atoms with E-state index in [1.807, 2.05) is 0 Å². The van der Waals surface area contributed by atoms with Crippen molar-refractivity contribution < 1.29 is 39.1 Å². The molecule has 170 valence electrons. The third-order valence-corrected chi connectivity index (χ3v) is 5.61. The lowest BCUT2D eigenvalue weighted by molar-refractivity contribution is -0.146. The van der Waals surface area contributed by atoms with E-state index in [9.17, 15) is 34.4 Å². The highest BCUT2D eigenvalue weighted by molar-refractivity contribution is 5.82. The first-order valence-corrected chi connectivity index (χ1v) is 10.0. The minimum Gasteiger partial charge on any atom is -0.504 e. The first kappa shape index (κ1) is 21.9. The SMILES string of the molecule is O=CN1[C@H](C(=O)Oc2cccc(F)c2)Cc2cc(O)c(O)cc2[C@@H]1Cc1ccc(O)c(O)c1. The fourth-order valence-electron chi connectivity index (χ4n) is 4.02. The molecule has 0 aliphatic carbocycles. The van der Waals surface area contributed by atoms with E-state index in [0.29, 0.717) is 23.1 Å². The van der Waals surface area contributed by atoms with Crippen molar-refractivity contribution in [2.24, 2.45) is 0 Å². The summed E-state index contributed by atoms with van der Waals surface area (Å²) in [6, 6.07) is 9.96. The quantitative estimate of drug-likeness (QED) is 0.202. The Morgan fingerprint density at radius 3 is 2.42 bits per heavy atom. The van der Waals surface area contributed by atoms with Gasteiger partial charge in [0, 0.05) is 12.5 Å². The van der Waals surface area contributed by atoms with Crippen LogP contribution in [-0.2, 0) is 22.4 Å². The number of aromatic hydroxyl groups is 4. The highest BCUT2D eigenvalue weighted by atomic mass is 19.1. The molecule has 0 fully saturated rings. The fraction of sp³-hybridized carbons (Fsp3) is 0.167. The van der Waals surface area contributed by atoms with E-state index in [2.05, 4.69) is 0 Å². The summed E-state index contributed by atoms with van der Waals surface area (Å²) in [5.41, 5.74) is 1.55. The van der Waals surface area contributed by atoms with Crippen molar-refractivity contribution in [3.05, 3.63) is 77.1 Å². The van der Waals surface area contributed by atoms with Crippen molar-refractivity contribution in [3.8, 4) is 28.7 Å². The number of halogens is 1. The Labute approximate surface area is 187 Å². The number of phenols is 4. The summed E-state index contributed by atoms with van der Waals surface area (Å²) in [6.07, 6.45) is 0.593. The summed E-state index contributed by atoms with van der Waals surface area (Å²) in [7, 11) is 0. The normalized spacial score (nSPS) is 17.3. The van der Waals surface area contributed by atoms with E-state index in [0.717, 1.165) is 6.07 Å². The average molecular weight is 453 g/mol. The van der Waals surface area contributed by atoms with Crippen molar-refractivity contribution in [1.82, 2.24) is 4.90 Å². The fourth-order valence-corrected chi connectivity index (χ4v) is 4.02. The molecule has 1 heterocycles. The van der Waals surface area contributed by atoms with Gasteiger partial charge in [-0.25, -0.2) is 9.18 Å². The number of fused-ring (bicyclic) bond motifs is 1. The standard InChI is InChI=1S/C24H20FNO7/c25-15-2-1-3-16(10-15)33-24(32)19-8-14-9-22(30)23(31)11-17(14)18(26(19)12-27)6-13-4-5-20(28)21(29)7-13/h1-5,7,9-12,18-19,28-31H,6,8H2/t18-,19-/m0/s1. The largest absolute Gasteiger partial charge is 0.504 e. The van der Waals surface area contributed by atoms with Gasteiger partial charge in [-0.3, -0.25) is 4.79 Å². The van der Waals surface area contributed by atoms with Crippen LogP contribution in [-0.4, -0.2) is 43.7 Å². The number of rotatable bonds is 5. The van der Waals surface area contributed by atoms with Crippen LogP contribution in [0.15, 0.2) is 54.6 Å². The number of amides is 1. The van der Waals surface area contributed by atoms with Crippen molar-refractivity contribution in [3.63, 3.8) is 0 Å². The van der Waals surface area contributed by atoms with E-state index in [-0.39, 0.29) is 41.6 Å². The monoisotopic (exact) mass is 453 g/mol. The third-order valence-electron chi connectivity index (χ3n) is 5.61. The van der Waals surface area contributed by atoms with Gasteiger partial charge in [0.25, 0.3) is 0 Å². The molecule has 1 aliphatic rings. The lowest BCUT2D eigenvalue weighted by Gasteiger charge is -2.40. The second-order valence-electron chi connectivity index (χ2n) is 7.73. The van der Waals surface area contributed by atoms with E-state index in [4.69, 9.17) is 4.74 Å². The van der Waals surface area contributed by atoms with E-state index < -0.39 is 23.9 Å². The van der Waals surface area contributed by atoms with Crippen LogP contribution in [0.1, 0.15) is 22.7 Å². The van der Waals surface area contributed by atoms with Gasteiger partial charge in [-0.15, -0.1) is 0 Å². The number of carbonyl (C=O) groups is 2. The molecule has 3 aromatic carbocycles. The number of phenolic OH excluding ortho intramolecular Hbond substituents is 4. The van der Waals surface area contributed by atoms with Gasteiger partial charge in [0.1, 0.15) is 17.6 Å². The van der Waals surface area contributed by atoms with Crippen LogP contribution in [0.3, 0.4) is 0 Å². The molecule has 0 spiro atoms. The predicted octanol–water partition coefficient (Wildman–Crippen LogP) is 2.92. The molecule has 0 aromatic heterocycles. The van der Waals surface area contributed by atoms with Gasteiger partial charge < -0.3 is 30.1 Å². The highest BCUT2D eigenvalue weighted by Crippen LogP contribution is 2.41. The zero-order valence-electron chi connectivity index (χ0n) is 17.2. The smallest absolute Gasteiger partial charge is 0.334 e. The summed E-state index contributed by atoms with van der Waals surface area (Å²) < 4.78 is 18.8. The van der Waals surface area contributed by atoms with Crippen LogP contribution in [0.25, 0.3) is 0 Å². The molecule has 0 saturated heterocycles. The Morgan fingerprint density at radius 2 is 1.73 bits per heavy atom. The Morgan fingerprint density at radius 1 is 1.00 bits per heavy atom. The number of hydrogen-bond donors (Lipinski definition) is 4. The molecule has 0 radical (unpaired) electrons. The Bertz CT molecular complexity index is 1230. The molecular weight excluding hydrogens is 433 g/mol. The number of benzene rings is 3. The maximum absolute atomic E-state index is 13.5. The van der Waals surface area contributed by atoms with Crippen LogP contribution in [0.2, 0.25) is 0 Å². The zero-order chi connectivity index (χ0) is 23.7. The number of esters is 1. The molecule has 9 heteroatoms. The van der Waals surface area contributed by atoms with E-state index >= 15 is 0 Å². The van der Waals surface area contributed by atoms with E-state index in [1.165, 1.54) is 47.4 Å². The summed E-state index contributed by atoms with van der Waals surface area (Å²) in [5.74, 6) is -2.85. The summed E-state index contributed by atoms with van der Waals surface area (Å²) >= 11 is 0. The Kier molecular flexibility index (Phi) is 5.78. The molecule has 33 heavy (non-hydrogen) atoms. The van der Waals surface area contributed by atoms with Crippen molar-refractivity contribution >= 4 is 12.4 Å². The number of hydrogen-bond acceptors (Lipinski definition) is 7. The minimum atomic E-state index is -1.10. The highest BCUT2D eigenvalue weighted by Gasteiger charge is 2.39. The van der Waals surface area contributed by atoms with Gasteiger partial charge in [-0.1, -0.05) is 12.1 Å². The molecule has 4 rings (SSSR count). The van der Waals surface area contributed by atoms with Crippen LogP contribution < -0.4 is 4.74 Å². The predicted molar refractivity (Wildman–Crippen MR) is 113 cm³/mol. The molecule has 4 N–H and O–H groups in total. The minimum absolute atomic E-state index is 0.00656. The molecular formula is C24H20FNO7. The van der Waals surface area contributed by atoms with Crippen LogP contribution in [0.4, 0.5) is 4.39 Å². The molecule has 8 nitrogen and oxygen atoms in total. The van der Waals surface area contributed by atoms with Gasteiger partial charge in [0.15, 0.2) is 23.0 Å². The molecule has 0 unspecified atom stereocenters. The molecule has 0 bridgehead atoms. The van der Waals surface area contributed by atoms with Gasteiger partial charge >= 0.3 is 5.97 Å². The third kappa shape index (κ3) is 4.38. The number of nitrogens with zero attached hydrogens (tertiary/aromatic N) is 1. The summed E-state index contributed by atoms with van der Waals surface area (Å²) in [6.45, 7) is 0. The van der Waals surface area contributed by atoms with Gasteiger partial charge in [0.05, 0.1) is 6.04 Å². The first-order chi connectivity index (χ1) is 15.8. The van der Waals surface area contributed by atoms with Crippen LogP contribution >= 0.6 is 0 Å². The summed E-state index contributed by atoms with van der Waals surface area (Å²) in [4.78, 5) is 26.3. The van der Waals surface area contributed by atoms with Crippen LogP contribution in [0.5, 0.6) is 28.7 Å². The lowest BCUT2D eigenvalue weighted by Crippen LogP contribution is -2.49. The van der Waals surface area contributed by atoms with Crippen molar-refractivity contribution in [1.29, 1.82) is 0 Å². The van der Waals surface area contributed by atoms with Crippen molar-refractivity contribution in [2.75, 3.05) is 0 Å². The van der Waals surface area contributed by atoms with E-state index in [1.54, 1.807) is 6.07 Å². The second-order valence-corrected chi connectivity index (χ2v) is 7.73. The van der Waals surface area contributed by atoms with Gasteiger partial charge in [-0.05, 0) is 59.5 Å². The topological polar surface area (TPSA) is 128 Å². The van der Waals surface area contributed by atoms with Crippen LogP contribution in [0, 0.1) is 5.82 Å². The molecule has 1 amide bonds. The Balaban J connectivity index is 1.73. The Hall–Kier alpha value is -4.27. The molecule has 3 aromatic rings. The summed E-state index contributed by atoms with van der Waals surface area (Å²) in [5, 5.41) is 39.4. The average Bonchev–Trinajstić information content (AvgIpc) is 2.77. The molecule has 1 aliphatic heterocycles. The lowest BCUT2D eigenvalue weighted by atomic mass is 9.85. The maximum Gasteiger partial charge on any atom is 0.334 e. The van der Waals surface area contributed by atoms with Crippen molar-refractivity contribution in [2.45, 2.75) is 24.9 Å². The van der Waals surface area contributed by atoms with Gasteiger partial charge in [-0.2, -0.15) is 0 Å². The number of ether oxygens (including phenoxy) is 1. The van der Waals surface area contributed by atoms with Gasteiger partial charge in [0.2, 0.25) is 6.41 Å². The molecule has 0 saturated carbocycles. The maximum atomic E-state index is 13.5.